The number of aryl methyl sites for hydroxylation is 2. The van der Waals surface area contributed by atoms with Gasteiger partial charge in [-0.25, -0.2) is 4.98 Å². The second kappa shape index (κ2) is 7.01. The van der Waals surface area contributed by atoms with Gasteiger partial charge in [-0.3, -0.25) is 4.90 Å². The molecule has 140 valence electrons. The number of imidazole rings is 1. The molecule has 1 saturated heterocycles. The molecule has 3 aromatic rings. The van der Waals surface area contributed by atoms with E-state index in [-0.39, 0.29) is 0 Å². The molecule has 5 rings (SSSR count). The van der Waals surface area contributed by atoms with Crippen LogP contribution in [0.25, 0.3) is 11.0 Å². The lowest BCUT2D eigenvalue weighted by Crippen LogP contribution is -2.33. The first-order valence-electron chi connectivity index (χ1n) is 10.1. The van der Waals surface area contributed by atoms with Gasteiger partial charge in [0.15, 0.2) is 0 Å². The molecule has 0 spiro atoms. The minimum atomic E-state index is 0.705. The van der Waals surface area contributed by atoms with Crippen LogP contribution in [0, 0.1) is 0 Å². The van der Waals surface area contributed by atoms with Gasteiger partial charge in [-0.15, -0.1) is 0 Å². The summed E-state index contributed by atoms with van der Waals surface area (Å²) in [6.07, 6.45) is 4.79. The molecule has 2 aliphatic heterocycles. The molecule has 0 bridgehead atoms. The first kappa shape index (κ1) is 16.8. The average Bonchev–Trinajstić information content (AvgIpc) is 3.08. The van der Waals surface area contributed by atoms with E-state index in [0.29, 0.717) is 5.92 Å². The van der Waals surface area contributed by atoms with Crippen LogP contribution in [0.15, 0.2) is 42.5 Å². The van der Waals surface area contributed by atoms with E-state index < -0.39 is 0 Å². The van der Waals surface area contributed by atoms with Gasteiger partial charge in [-0.05, 0) is 61.9 Å². The summed E-state index contributed by atoms with van der Waals surface area (Å²) in [5, 5.41) is 0. The van der Waals surface area contributed by atoms with Crippen LogP contribution in [-0.2, 0) is 19.5 Å². The zero-order valence-electron chi connectivity index (χ0n) is 16.0. The minimum Gasteiger partial charge on any atom is -0.497 e. The molecule has 4 nitrogen and oxygen atoms in total. The van der Waals surface area contributed by atoms with Crippen molar-refractivity contribution in [3.05, 3.63) is 59.4 Å². The number of rotatable bonds is 4. The Morgan fingerprint density at radius 2 is 1.89 bits per heavy atom. The van der Waals surface area contributed by atoms with Crippen LogP contribution in [0.5, 0.6) is 5.75 Å². The molecule has 4 heteroatoms. The fraction of sp³-hybridized carbons (Fsp3) is 0.435. The monoisotopic (exact) mass is 361 g/mol. The SMILES string of the molecule is COc1cc2c3c(c1)nc(CN1CCC(c4ccccc4)CC1)n3CCC2. The standard InChI is InChI=1S/C23H27N3O/c1-27-20-14-19-8-5-11-26-22(24-21(15-20)23(19)26)16-25-12-9-18(10-13-25)17-6-3-2-4-7-17/h2-4,6-7,14-15,18H,5,8-13,16H2,1H3. The predicted octanol–water partition coefficient (Wildman–Crippen LogP) is 4.37. The van der Waals surface area contributed by atoms with Gasteiger partial charge in [0.25, 0.3) is 0 Å². The summed E-state index contributed by atoms with van der Waals surface area (Å²) in [6.45, 7) is 4.35. The Hall–Kier alpha value is -2.33. The van der Waals surface area contributed by atoms with Gasteiger partial charge >= 0.3 is 0 Å². The number of ether oxygens (including phenoxy) is 1. The minimum absolute atomic E-state index is 0.705. The third kappa shape index (κ3) is 3.12. The van der Waals surface area contributed by atoms with Crippen LogP contribution in [0.2, 0.25) is 0 Å². The molecule has 2 aliphatic rings. The topological polar surface area (TPSA) is 30.3 Å². The highest BCUT2D eigenvalue weighted by Crippen LogP contribution is 2.32. The Kier molecular flexibility index (Phi) is 4.36. The third-order valence-electron chi connectivity index (χ3n) is 6.26. The van der Waals surface area contributed by atoms with Crippen LogP contribution in [-0.4, -0.2) is 34.7 Å². The molecule has 0 amide bonds. The van der Waals surface area contributed by atoms with Gasteiger partial charge in [0.05, 0.1) is 24.7 Å². The summed E-state index contributed by atoms with van der Waals surface area (Å²) in [4.78, 5) is 7.58. The van der Waals surface area contributed by atoms with Crippen molar-refractivity contribution in [3.63, 3.8) is 0 Å². The quantitative estimate of drug-likeness (QED) is 0.691. The lowest BCUT2D eigenvalue weighted by atomic mass is 9.89. The number of piperidine rings is 1. The van der Waals surface area contributed by atoms with Crippen LogP contribution in [0.4, 0.5) is 0 Å². The second-order valence-corrected chi connectivity index (χ2v) is 7.90. The van der Waals surface area contributed by atoms with Crippen LogP contribution >= 0.6 is 0 Å². The van der Waals surface area contributed by atoms with Crippen molar-refractivity contribution in [1.29, 1.82) is 0 Å². The van der Waals surface area contributed by atoms with E-state index in [1.54, 1.807) is 7.11 Å². The molecular weight excluding hydrogens is 334 g/mol. The van der Waals surface area contributed by atoms with E-state index in [0.717, 1.165) is 43.9 Å². The number of methoxy groups -OCH3 is 1. The first-order chi connectivity index (χ1) is 13.3. The van der Waals surface area contributed by atoms with E-state index in [9.17, 15) is 0 Å². The Balaban J connectivity index is 1.35. The van der Waals surface area contributed by atoms with E-state index >= 15 is 0 Å². The first-order valence-corrected chi connectivity index (χ1v) is 10.1. The molecule has 1 aromatic heterocycles. The van der Waals surface area contributed by atoms with Gasteiger partial charge in [0, 0.05) is 12.6 Å². The lowest BCUT2D eigenvalue weighted by molar-refractivity contribution is 0.198. The summed E-state index contributed by atoms with van der Waals surface area (Å²) in [5.41, 5.74) is 5.31. The molecule has 0 atom stereocenters. The Labute approximate surface area is 160 Å². The van der Waals surface area contributed by atoms with Gasteiger partial charge in [0.1, 0.15) is 11.6 Å². The largest absolute Gasteiger partial charge is 0.497 e. The molecule has 27 heavy (non-hydrogen) atoms. The Morgan fingerprint density at radius 1 is 1.07 bits per heavy atom. The van der Waals surface area contributed by atoms with Crippen molar-refractivity contribution in [3.8, 4) is 5.75 Å². The number of hydrogen-bond donors (Lipinski definition) is 0. The molecule has 0 N–H and O–H groups in total. The smallest absolute Gasteiger partial charge is 0.124 e. The van der Waals surface area contributed by atoms with Crippen molar-refractivity contribution in [2.24, 2.45) is 0 Å². The number of benzene rings is 2. The van der Waals surface area contributed by atoms with E-state index in [1.807, 2.05) is 0 Å². The Morgan fingerprint density at radius 3 is 2.67 bits per heavy atom. The number of nitrogens with zero attached hydrogens (tertiary/aromatic N) is 3. The normalized spacial score (nSPS) is 18.1. The molecular formula is C23H27N3O. The zero-order valence-corrected chi connectivity index (χ0v) is 16.0. The highest BCUT2D eigenvalue weighted by Gasteiger charge is 2.24. The fourth-order valence-electron chi connectivity index (χ4n) is 4.82. The summed E-state index contributed by atoms with van der Waals surface area (Å²) in [7, 11) is 1.74. The maximum atomic E-state index is 5.48. The molecule has 0 radical (unpaired) electrons. The Bertz CT molecular complexity index is 939. The van der Waals surface area contributed by atoms with Gasteiger partial charge in [-0.2, -0.15) is 0 Å². The number of hydrogen-bond acceptors (Lipinski definition) is 3. The van der Waals surface area contributed by atoms with Gasteiger partial charge < -0.3 is 9.30 Å². The summed E-state index contributed by atoms with van der Waals surface area (Å²) in [5.74, 6) is 2.85. The fourth-order valence-corrected chi connectivity index (χ4v) is 4.82. The average molecular weight is 361 g/mol. The zero-order chi connectivity index (χ0) is 18.2. The van der Waals surface area contributed by atoms with Crippen molar-refractivity contribution < 1.29 is 4.74 Å². The van der Waals surface area contributed by atoms with Gasteiger partial charge in [-0.1, -0.05) is 30.3 Å². The highest BCUT2D eigenvalue weighted by molar-refractivity contribution is 5.82. The van der Waals surface area contributed by atoms with Crippen molar-refractivity contribution >= 4 is 11.0 Å². The predicted molar refractivity (Wildman–Crippen MR) is 108 cm³/mol. The molecule has 3 heterocycles. The van der Waals surface area contributed by atoms with Crippen molar-refractivity contribution in [2.45, 2.75) is 44.7 Å². The lowest BCUT2D eigenvalue weighted by Gasteiger charge is -2.32. The van der Waals surface area contributed by atoms with E-state index in [4.69, 9.17) is 9.72 Å². The van der Waals surface area contributed by atoms with Crippen molar-refractivity contribution in [1.82, 2.24) is 14.5 Å². The molecule has 0 aliphatic carbocycles. The van der Waals surface area contributed by atoms with Gasteiger partial charge in [0.2, 0.25) is 0 Å². The summed E-state index contributed by atoms with van der Waals surface area (Å²) >= 11 is 0. The van der Waals surface area contributed by atoms with Crippen LogP contribution in [0.1, 0.15) is 42.1 Å². The number of likely N-dealkylation sites (tertiary alicyclic amines) is 1. The van der Waals surface area contributed by atoms with Crippen molar-refractivity contribution in [2.75, 3.05) is 20.2 Å². The maximum Gasteiger partial charge on any atom is 0.124 e. The maximum absolute atomic E-state index is 5.48. The van der Waals surface area contributed by atoms with E-state index in [2.05, 4.69) is 51.9 Å². The number of aromatic nitrogens is 2. The highest BCUT2D eigenvalue weighted by atomic mass is 16.5. The second-order valence-electron chi connectivity index (χ2n) is 7.90. The molecule has 0 saturated carbocycles. The molecule has 0 unspecified atom stereocenters. The van der Waals surface area contributed by atoms with Crippen LogP contribution in [0.3, 0.4) is 0 Å². The molecule has 1 fully saturated rings. The molecule has 2 aromatic carbocycles. The third-order valence-corrected chi connectivity index (χ3v) is 6.26. The summed E-state index contributed by atoms with van der Waals surface area (Å²) < 4.78 is 7.94. The summed E-state index contributed by atoms with van der Waals surface area (Å²) in [6, 6.07) is 15.3. The van der Waals surface area contributed by atoms with Crippen LogP contribution < -0.4 is 4.74 Å². The van der Waals surface area contributed by atoms with E-state index in [1.165, 1.54) is 41.7 Å².